The number of methoxy groups -OCH3 is 2. The Morgan fingerprint density at radius 3 is 2.40 bits per heavy atom. The Kier molecular flexibility index (Phi) is 9.01. The van der Waals surface area contributed by atoms with Gasteiger partial charge in [0, 0.05) is 0 Å². The normalized spacial score (nSPS) is 10.5. The number of allylic oxidation sites excluding steroid dienone is 1. The molecule has 0 bridgehead atoms. The number of para-hydroxylation sites is 1. The number of nitrogens with zero attached hydrogens (tertiary/aromatic N) is 1. The Morgan fingerprint density at radius 1 is 0.943 bits per heavy atom. The zero-order valence-electron chi connectivity index (χ0n) is 19.5. The minimum Gasteiger partial charge on any atom is -0.493 e. The topological polar surface area (TPSA) is 95.5 Å². The molecule has 1 amide bonds. The fraction of sp³-hybridized carbons (Fsp3) is 0.148. The van der Waals surface area contributed by atoms with E-state index < -0.39 is 11.9 Å². The van der Waals surface area contributed by atoms with Crippen molar-refractivity contribution in [2.75, 3.05) is 20.8 Å². The first-order chi connectivity index (χ1) is 17.0. The number of rotatable bonds is 11. The monoisotopic (exact) mass is 474 g/mol. The number of nitrogens with one attached hydrogen (secondary N) is 1. The molecule has 180 valence electrons. The maximum Gasteiger partial charge on any atom is 0.343 e. The largest absolute Gasteiger partial charge is 0.493 e. The van der Waals surface area contributed by atoms with Gasteiger partial charge in [-0.1, -0.05) is 24.3 Å². The number of hydrogen-bond acceptors (Lipinski definition) is 7. The summed E-state index contributed by atoms with van der Waals surface area (Å²) in [5.41, 5.74) is 4.40. The molecular weight excluding hydrogens is 448 g/mol. The third kappa shape index (κ3) is 7.20. The SMILES string of the molecule is C=CCc1ccccc1OCC(=O)N/N=C\c1ccc(OC(=O)c2ccc(OC)c(OC)c2)cc1. The summed E-state index contributed by atoms with van der Waals surface area (Å²) in [5.74, 6) is 1.01. The summed E-state index contributed by atoms with van der Waals surface area (Å²) >= 11 is 0. The molecule has 0 saturated heterocycles. The Balaban J connectivity index is 1.50. The first-order valence-electron chi connectivity index (χ1n) is 10.7. The molecule has 0 aliphatic carbocycles. The van der Waals surface area contributed by atoms with Gasteiger partial charge in [-0.2, -0.15) is 5.10 Å². The molecule has 0 aromatic heterocycles. The van der Waals surface area contributed by atoms with Crippen LogP contribution in [-0.4, -0.2) is 38.9 Å². The summed E-state index contributed by atoms with van der Waals surface area (Å²) < 4.78 is 21.4. The summed E-state index contributed by atoms with van der Waals surface area (Å²) in [4.78, 5) is 24.5. The van der Waals surface area contributed by atoms with Gasteiger partial charge in [-0.15, -0.1) is 6.58 Å². The van der Waals surface area contributed by atoms with Crippen LogP contribution in [0.25, 0.3) is 0 Å². The quantitative estimate of drug-likeness (QED) is 0.147. The van der Waals surface area contributed by atoms with Gasteiger partial charge in [0.25, 0.3) is 5.91 Å². The lowest BCUT2D eigenvalue weighted by Gasteiger charge is -2.09. The van der Waals surface area contributed by atoms with Crippen LogP contribution in [0.3, 0.4) is 0 Å². The van der Waals surface area contributed by atoms with Crippen molar-refractivity contribution in [3.8, 4) is 23.0 Å². The second-order valence-corrected chi connectivity index (χ2v) is 7.21. The zero-order valence-corrected chi connectivity index (χ0v) is 19.5. The molecular formula is C27H26N2O6. The van der Waals surface area contributed by atoms with Crippen LogP contribution in [0, 0.1) is 0 Å². The number of ether oxygens (including phenoxy) is 4. The molecule has 0 aliphatic rings. The van der Waals surface area contributed by atoms with E-state index in [2.05, 4.69) is 17.1 Å². The van der Waals surface area contributed by atoms with Gasteiger partial charge in [-0.3, -0.25) is 4.79 Å². The molecule has 1 N–H and O–H groups in total. The lowest BCUT2D eigenvalue weighted by molar-refractivity contribution is -0.123. The van der Waals surface area contributed by atoms with Crippen LogP contribution < -0.4 is 24.4 Å². The van der Waals surface area contributed by atoms with Crippen molar-refractivity contribution < 1.29 is 28.5 Å². The highest BCUT2D eigenvalue weighted by Crippen LogP contribution is 2.28. The second-order valence-electron chi connectivity index (χ2n) is 7.21. The van der Waals surface area contributed by atoms with Crippen LogP contribution in [0.4, 0.5) is 0 Å². The summed E-state index contributed by atoms with van der Waals surface area (Å²) in [6.07, 6.45) is 3.90. The molecule has 35 heavy (non-hydrogen) atoms. The lowest BCUT2D eigenvalue weighted by Crippen LogP contribution is -2.24. The third-order valence-electron chi connectivity index (χ3n) is 4.81. The van der Waals surface area contributed by atoms with Gasteiger partial charge in [0.05, 0.1) is 26.0 Å². The highest BCUT2D eigenvalue weighted by Gasteiger charge is 2.13. The van der Waals surface area contributed by atoms with E-state index in [0.717, 1.165) is 5.56 Å². The Hall–Kier alpha value is -4.59. The van der Waals surface area contributed by atoms with Crippen molar-refractivity contribution in [3.63, 3.8) is 0 Å². The second kappa shape index (κ2) is 12.6. The minimum absolute atomic E-state index is 0.170. The van der Waals surface area contributed by atoms with Crippen molar-refractivity contribution in [1.29, 1.82) is 0 Å². The van der Waals surface area contributed by atoms with E-state index in [-0.39, 0.29) is 6.61 Å². The molecule has 3 aromatic rings. The fourth-order valence-corrected chi connectivity index (χ4v) is 3.07. The van der Waals surface area contributed by atoms with E-state index in [1.165, 1.54) is 20.4 Å². The van der Waals surface area contributed by atoms with Gasteiger partial charge in [0.15, 0.2) is 18.1 Å². The lowest BCUT2D eigenvalue weighted by atomic mass is 10.1. The summed E-state index contributed by atoms with van der Waals surface area (Å²) in [7, 11) is 3.01. The minimum atomic E-state index is -0.533. The molecule has 0 aliphatic heterocycles. The molecule has 0 unspecified atom stereocenters. The zero-order chi connectivity index (χ0) is 25.0. The van der Waals surface area contributed by atoms with E-state index in [1.54, 1.807) is 54.6 Å². The number of carbonyl (C=O) groups excluding carboxylic acids is 2. The number of esters is 1. The van der Waals surface area contributed by atoms with Gasteiger partial charge >= 0.3 is 5.97 Å². The number of hydrogen-bond donors (Lipinski definition) is 1. The van der Waals surface area contributed by atoms with Crippen LogP contribution in [0.15, 0.2) is 84.5 Å². The van der Waals surface area contributed by atoms with Crippen LogP contribution in [-0.2, 0) is 11.2 Å². The molecule has 0 spiro atoms. The fourth-order valence-electron chi connectivity index (χ4n) is 3.07. The smallest absolute Gasteiger partial charge is 0.343 e. The molecule has 8 heteroatoms. The molecule has 3 aromatic carbocycles. The summed E-state index contributed by atoms with van der Waals surface area (Å²) in [5, 5.41) is 3.93. The van der Waals surface area contributed by atoms with E-state index in [9.17, 15) is 9.59 Å². The Morgan fingerprint density at radius 2 is 1.69 bits per heavy atom. The van der Waals surface area contributed by atoms with Crippen molar-refractivity contribution in [3.05, 3.63) is 96.1 Å². The van der Waals surface area contributed by atoms with Crippen LogP contribution >= 0.6 is 0 Å². The maximum absolute atomic E-state index is 12.4. The summed E-state index contributed by atoms with van der Waals surface area (Å²) in [6, 6.07) is 18.9. The third-order valence-corrected chi connectivity index (χ3v) is 4.81. The van der Waals surface area contributed by atoms with Crippen LogP contribution in [0.5, 0.6) is 23.0 Å². The van der Waals surface area contributed by atoms with Crippen molar-refractivity contribution in [2.45, 2.75) is 6.42 Å². The highest BCUT2D eigenvalue weighted by atomic mass is 16.5. The van der Waals surface area contributed by atoms with Crippen LogP contribution in [0.2, 0.25) is 0 Å². The van der Waals surface area contributed by atoms with E-state index in [1.807, 2.05) is 18.2 Å². The molecule has 0 saturated carbocycles. The molecule has 3 rings (SSSR count). The van der Waals surface area contributed by atoms with E-state index >= 15 is 0 Å². The number of carbonyl (C=O) groups is 2. The number of amides is 1. The van der Waals surface area contributed by atoms with E-state index in [4.69, 9.17) is 18.9 Å². The summed E-state index contributed by atoms with van der Waals surface area (Å²) in [6.45, 7) is 3.55. The van der Waals surface area contributed by atoms with Gasteiger partial charge in [0.2, 0.25) is 0 Å². The van der Waals surface area contributed by atoms with Crippen molar-refractivity contribution in [2.24, 2.45) is 5.10 Å². The highest BCUT2D eigenvalue weighted by molar-refractivity contribution is 5.92. The maximum atomic E-state index is 12.4. The number of hydrazone groups is 1. The van der Waals surface area contributed by atoms with Gasteiger partial charge in [0.1, 0.15) is 11.5 Å². The van der Waals surface area contributed by atoms with E-state index in [0.29, 0.717) is 40.5 Å². The van der Waals surface area contributed by atoms with Gasteiger partial charge < -0.3 is 18.9 Å². The van der Waals surface area contributed by atoms with Crippen molar-refractivity contribution >= 4 is 18.1 Å². The van der Waals surface area contributed by atoms with Crippen LogP contribution in [0.1, 0.15) is 21.5 Å². The predicted octanol–water partition coefficient (Wildman–Crippen LogP) is 4.18. The molecule has 8 nitrogen and oxygen atoms in total. The Labute approximate surface area is 203 Å². The Bertz CT molecular complexity index is 1200. The molecule has 0 fully saturated rings. The average molecular weight is 475 g/mol. The first-order valence-corrected chi connectivity index (χ1v) is 10.7. The predicted molar refractivity (Wildman–Crippen MR) is 133 cm³/mol. The van der Waals surface area contributed by atoms with Crippen molar-refractivity contribution in [1.82, 2.24) is 5.43 Å². The standard InChI is InChI=1S/C27H26N2O6/c1-4-7-20-8-5-6-9-23(20)34-18-26(30)29-28-17-19-10-13-22(14-11-19)35-27(31)21-12-15-24(32-2)25(16-21)33-3/h4-6,8-17H,1,7,18H2,2-3H3,(H,29,30)/b28-17-. The molecule has 0 radical (unpaired) electrons. The average Bonchev–Trinajstić information content (AvgIpc) is 2.89. The van der Waals surface area contributed by atoms with Gasteiger partial charge in [-0.05, 0) is 66.1 Å². The molecule has 0 atom stereocenters. The van der Waals surface area contributed by atoms with Gasteiger partial charge in [-0.25, -0.2) is 10.2 Å². The molecule has 0 heterocycles. The first kappa shape index (κ1) is 25.0. The number of benzene rings is 3.